The number of aromatic nitrogens is 4. The molecule has 142 valence electrons. The fraction of sp³-hybridized carbons (Fsp3) is 0.526. The summed E-state index contributed by atoms with van der Waals surface area (Å²) in [4.78, 5) is 17.0. The van der Waals surface area contributed by atoms with Gasteiger partial charge in [-0.1, -0.05) is 13.8 Å². The topological polar surface area (TPSA) is 120 Å². The number of rotatable bonds is 6. The molecule has 0 aliphatic heterocycles. The lowest BCUT2D eigenvalue weighted by atomic mass is 9.73. The number of aliphatic hydroxyl groups is 1. The number of aliphatic hydroxyl groups excluding tert-OH is 1. The third kappa shape index (κ3) is 4.89. The Morgan fingerprint density at radius 3 is 2.81 bits per heavy atom. The molecule has 0 aromatic carbocycles. The molecular formula is C19H25N7O. The summed E-state index contributed by atoms with van der Waals surface area (Å²) in [6.07, 6.45) is 9.37. The van der Waals surface area contributed by atoms with Crippen LogP contribution in [0.1, 0.15) is 44.4 Å². The van der Waals surface area contributed by atoms with Gasteiger partial charge in [-0.15, -0.1) is 0 Å². The van der Waals surface area contributed by atoms with Crippen LogP contribution in [-0.4, -0.2) is 43.7 Å². The summed E-state index contributed by atoms with van der Waals surface area (Å²) in [6.45, 7) is 4.75. The van der Waals surface area contributed by atoms with Gasteiger partial charge in [0, 0.05) is 37.6 Å². The Hall–Kier alpha value is -2.79. The summed E-state index contributed by atoms with van der Waals surface area (Å²) < 4.78 is 0. The van der Waals surface area contributed by atoms with Gasteiger partial charge in [0.15, 0.2) is 0 Å². The molecular weight excluding hydrogens is 342 g/mol. The van der Waals surface area contributed by atoms with Gasteiger partial charge in [0.05, 0.1) is 18.0 Å². The van der Waals surface area contributed by atoms with Gasteiger partial charge in [-0.05, 0) is 24.7 Å². The van der Waals surface area contributed by atoms with Crippen molar-refractivity contribution in [2.24, 2.45) is 5.41 Å². The van der Waals surface area contributed by atoms with E-state index in [1.807, 2.05) is 0 Å². The Kier molecular flexibility index (Phi) is 5.81. The molecule has 8 heteroatoms. The standard InChI is InChI=1S/C19H25N7O/c1-19(2)9-14(3-4-16(19)27)25-17-13(10-20)11-24-18(26-17)23-6-5-15-12-21-7-8-22-15/h7-8,11-12,14,16,27H,3-6,9H2,1-2H3,(H2,23,24,25,26)/t14-,16+/m1/s1. The lowest BCUT2D eigenvalue weighted by Crippen LogP contribution is -2.41. The van der Waals surface area contributed by atoms with Crippen molar-refractivity contribution in [3.63, 3.8) is 0 Å². The van der Waals surface area contributed by atoms with E-state index in [-0.39, 0.29) is 17.6 Å². The van der Waals surface area contributed by atoms with Gasteiger partial charge in [0.2, 0.25) is 5.95 Å². The zero-order valence-electron chi connectivity index (χ0n) is 15.7. The van der Waals surface area contributed by atoms with E-state index in [0.29, 0.717) is 30.3 Å². The molecule has 2 aromatic heterocycles. The molecule has 1 fully saturated rings. The van der Waals surface area contributed by atoms with Crippen molar-refractivity contribution >= 4 is 11.8 Å². The van der Waals surface area contributed by atoms with E-state index in [1.54, 1.807) is 18.6 Å². The van der Waals surface area contributed by atoms with Gasteiger partial charge >= 0.3 is 0 Å². The fourth-order valence-electron chi connectivity index (χ4n) is 3.36. The van der Waals surface area contributed by atoms with Gasteiger partial charge in [-0.2, -0.15) is 10.2 Å². The van der Waals surface area contributed by atoms with E-state index in [2.05, 4.69) is 50.5 Å². The van der Waals surface area contributed by atoms with E-state index in [1.165, 1.54) is 6.20 Å². The van der Waals surface area contributed by atoms with Crippen molar-refractivity contribution in [1.29, 1.82) is 5.26 Å². The summed E-state index contributed by atoms with van der Waals surface area (Å²) >= 11 is 0. The van der Waals surface area contributed by atoms with Gasteiger partial charge < -0.3 is 15.7 Å². The van der Waals surface area contributed by atoms with Crippen molar-refractivity contribution < 1.29 is 5.11 Å². The highest BCUT2D eigenvalue weighted by molar-refractivity contribution is 5.54. The van der Waals surface area contributed by atoms with Crippen molar-refractivity contribution in [3.05, 3.63) is 36.0 Å². The number of nitrogens with one attached hydrogen (secondary N) is 2. The van der Waals surface area contributed by atoms with E-state index in [4.69, 9.17) is 0 Å². The molecule has 0 saturated heterocycles. The molecule has 0 radical (unpaired) electrons. The second-order valence-electron chi connectivity index (χ2n) is 7.57. The molecule has 3 N–H and O–H groups in total. The molecule has 2 aromatic rings. The second kappa shape index (κ2) is 8.27. The minimum absolute atomic E-state index is 0.159. The quantitative estimate of drug-likeness (QED) is 0.710. The predicted molar refractivity (Wildman–Crippen MR) is 102 cm³/mol. The summed E-state index contributed by atoms with van der Waals surface area (Å²) in [5.74, 6) is 1.00. The van der Waals surface area contributed by atoms with Crippen LogP contribution in [0.2, 0.25) is 0 Å². The van der Waals surface area contributed by atoms with E-state index >= 15 is 0 Å². The number of hydrogen-bond donors (Lipinski definition) is 3. The average Bonchev–Trinajstić information content (AvgIpc) is 2.66. The van der Waals surface area contributed by atoms with Crippen LogP contribution >= 0.6 is 0 Å². The van der Waals surface area contributed by atoms with Gasteiger partial charge in [0.25, 0.3) is 0 Å². The van der Waals surface area contributed by atoms with Crippen molar-refractivity contribution in [1.82, 2.24) is 19.9 Å². The van der Waals surface area contributed by atoms with Crippen LogP contribution in [0.15, 0.2) is 24.8 Å². The zero-order valence-corrected chi connectivity index (χ0v) is 15.7. The molecule has 0 bridgehead atoms. The molecule has 1 aliphatic rings. The molecule has 0 unspecified atom stereocenters. The summed E-state index contributed by atoms with van der Waals surface area (Å²) in [6, 6.07) is 2.31. The first-order valence-electron chi connectivity index (χ1n) is 9.18. The molecule has 1 aliphatic carbocycles. The lowest BCUT2D eigenvalue weighted by molar-refractivity contribution is 0.00926. The monoisotopic (exact) mass is 367 g/mol. The normalized spacial score (nSPS) is 21.3. The van der Waals surface area contributed by atoms with E-state index in [0.717, 1.165) is 25.0 Å². The van der Waals surface area contributed by atoms with Gasteiger partial charge in [-0.25, -0.2) is 4.98 Å². The molecule has 2 atom stereocenters. The summed E-state index contributed by atoms with van der Waals surface area (Å²) in [7, 11) is 0. The van der Waals surface area contributed by atoms with Crippen LogP contribution < -0.4 is 10.6 Å². The van der Waals surface area contributed by atoms with Gasteiger partial charge in [0.1, 0.15) is 17.5 Å². The highest BCUT2D eigenvalue weighted by atomic mass is 16.3. The fourth-order valence-corrected chi connectivity index (χ4v) is 3.36. The maximum atomic E-state index is 10.1. The minimum Gasteiger partial charge on any atom is -0.393 e. The lowest BCUT2D eigenvalue weighted by Gasteiger charge is -2.40. The van der Waals surface area contributed by atoms with Crippen LogP contribution in [0.5, 0.6) is 0 Å². The van der Waals surface area contributed by atoms with Crippen LogP contribution in [0.25, 0.3) is 0 Å². The molecule has 0 spiro atoms. The summed E-state index contributed by atoms with van der Waals surface area (Å²) in [5.41, 5.74) is 1.14. The third-order valence-corrected chi connectivity index (χ3v) is 4.99. The number of nitrogens with zero attached hydrogens (tertiary/aromatic N) is 5. The molecule has 3 rings (SSSR count). The number of hydrogen-bond acceptors (Lipinski definition) is 8. The first kappa shape index (κ1) is 19.0. The Bertz CT molecular complexity index is 803. The van der Waals surface area contributed by atoms with Crippen LogP contribution in [-0.2, 0) is 6.42 Å². The first-order chi connectivity index (χ1) is 13.0. The highest BCUT2D eigenvalue weighted by Crippen LogP contribution is 2.36. The second-order valence-corrected chi connectivity index (χ2v) is 7.57. The van der Waals surface area contributed by atoms with E-state index < -0.39 is 0 Å². The van der Waals surface area contributed by atoms with E-state index in [9.17, 15) is 10.4 Å². The maximum Gasteiger partial charge on any atom is 0.224 e. The first-order valence-corrected chi connectivity index (χ1v) is 9.18. The zero-order chi connectivity index (χ0) is 19.3. The van der Waals surface area contributed by atoms with Crippen molar-refractivity contribution in [3.8, 4) is 6.07 Å². The molecule has 1 saturated carbocycles. The third-order valence-electron chi connectivity index (χ3n) is 4.99. The Morgan fingerprint density at radius 2 is 2.11 bits per heavy atom. The molecule has 0 amide bonds. The van der Waals surface area contributed by atoms with Crippen molar-refractivity contribution in [2.75, 3.05) is 17.2 Å². The summed E-state index contributed by atoms with van der Waals surface area (Å²) in [5, 5.41) is 26.0. The number of anilines is 2. The molecule has 8 nitrogen and oxygen atoms in total. The maximum absolute atomic E-state index is 10.1. The average molecular weight is 367 g/mol. The minimum atomic E-state index is -0.297. The molecule has 2 heterocycles. The smallest absolute Gasteiger partial charge is 0.224 e. The highest BCUT2D eigenvalue weighted by Gasteiger charge is 2.35. The van der Waals surface area contributed by atoms with Crippen LogP contribution in [0.3, 0.4) is 0 Å². The van der Waals surface area contributed by atoms with Gasteiger partial charge in [-0.3, -0.25) is 9.97 Å². The Morgan fingerprint density at radius 1 is 1.26 bits per heavy atom. The number of nitriles is 1. The molecule has 27 heavy (non-hydrogen) atoms. The largest absolute Gasteiger partial charge is 0.393 e. The van der Waals surface area contributed by atoms with Crippen LogP contribution in [0, 0.1) is 16.7 Å². The Balaban J connectivity index is 1.64. The predicted octanol–water partition coefficient (Wildman–Crippen LogP) is 2.14. The van der Waals surface area contributed by atoms with Crippen molar-refractivity contribution in [2.45, 2.75) is 51.7 Å². The SMILES string of the molecule is CC1(C)C[C@H](Nc2nc(NCCc3cnccn3)ncc2C#N)CC[C@@H]1O. The Labute approximate surface area is 159 Å². The van der Waals surface area contributed by atoms with Crippen LogP contribution in [0.4, 0.5) is 11.8 Å².